The standard InChI is InChI=1S/C26H35BrN2O3/c1-18(24(31)28-26(5,6)7)29(16-19-12-14-20(27)15-13-19)23(30)17-32-22-11-9-8-10-21(22)25(2,3)4/h8-15,18H,16-17H2,1-7H3,(H,28,31)/t18-/m0/s1. The van der Waals surface area contributed by atoms with E-state index in [1.165, 1.54) is 0 Å². The van der Waals surface area contributed by atoms with Crippen LogP contribution in [0.1, 0.15) is 59.6 Å². The Hall–Kier alpha value is -2.34. The predicted octanol–water partition coefficient (Wildman–Crippen LogP) is 5.46. The Kier molecular flexibility index (Phi) is 8.52. The highest BCUT2D eigenvalue weighted by molar-refractivity contribution is 9.10. The maximum atomic E-state index is 13.3. The second-order valence-electron chi connectivity index (χ2n) is 10.1. The molecule has 32 heavy (non-hydrogen) atoms. The zero-order chi connectivity index (χ0) is 24.1. The van der Waals surface area contributed by atoms with Gasteiger partial charge in [0.05, 0.1) is 0 Å². The molecule has 2 aromatic carbocycles. The first-order valence-corrected chi connectivity index (χ1v) is 11.7. The molecule has 0 bridgehead atoms. The van der Waals surface area contributed by atoms with E-state index in [0.717, 1.165) is 15.6 Å². The predicted molar refractivity (Wildman–Crippen MR) is 133 cm³/mol. The molecule has 2 rings (SSSR count). The lowest BCUT2D eigenvalue weighted by Crippen LogP contribution is -2.53. The lowest BCUT2D eigenvalue weighted by atomic mass is 9.86. The molecule has 0 aliphatic heterocycles. The van der Waals surface area contributed by atoms with Crippen molar-refractivity contribution < 1.29 is 14.3 Å². The fourth-order valence-corrected chi connectivity index (χ4v) is 3.54. The summed E-state index contributed by atoms with van der Waals surface area (Å²) >= 11 is 3.43. The van der Waals surface area contributed by atoms with Gasteiger partial charge in [0.2, 0.25) is 5.91 Å². The molecule has 0 heterocycles. The van der Waals surface area contributed by atoms with Gasteiger partial charge < -0.3 is 15.0 Å². The minimum atomic E-state index is -0.646. The van der Waals surface area contributed by atoms with Gasteiger partial charge in [-0.1, -0.05) is 67.0 Å². The SMILES string of the molecule is C[C@@H](C(=O)NC(C)(C)C)N(Cc1ccc(Br)cc1)C(=O)COc1ccccc1C(C)(C)C. The van der Waals surface area contributed by atoms with Crippen LogP contribution in [0, 0.1) is 0 Å². The molecule has 5 nitrogen and oxygen atoms in total. The van der Waals surface area contributed by atoms with Crippen molar-refractivity contribution in [2.45, 2.75) is 72.0 Å². The highest BCUT2D eigenvalue weighted by atomic mass is 79.9. The fraction of sp³-hybridized carbons (Fsp3) is 0.462. The van der Waals surface area contributed by atoms with Crippen LogP contribution in [0.3, 0.4) is 0 Å². The van der Waals surface area contributed by atoms with E-state index in [9.17, 15) is 9.59 Å². The lowest BCUT2D eigenvalue weighted by molar-refractivity contribution is -0.142. The van der Waals surface area contributed by atoms with E-state index in [0.29, 0.717) is 12.3 Å². The zero-order valence-corrected chi connectivity index (χ0v) is 21.7. The maximum Gasteiger partial charge on any atom is 0.261 e. The fourth-order valence-electron chi connectivity index (χ4n) is 3.28. The molecule has 1 atom stereocenters. The molecule has 0 saturated carbocycles. The summed E-state index contributed by atoms with van der Waals surface area (Å²) in [5.41, 5.74) is 1.47. The molecule has 2 aromatic rings. The van der Waals surface area contributed by atoms with E-state index < -0.39 is 6.04 Å². The van der Waals surface area contributed by atoms with Gasteiger partial charge in [0.15, 0.2) is 6.61 Å². The molecule has 0 unspecified atom stereocenters. The lowest BCUT2D eigenvalue weighted by Gasteiger charge is -2.31. The summed E-state index contributed by atoms with van der Waals surface area (Å²) in [5, 5.41) is 2.97. The first-order chi connectivity index (χ1) is 14.8. The van der Waals surface area contributed by atoms with Crippen molar-refractivity contribution in [3.63, 3.8) is 0 Å². The summed E-state index contributed by atoms with van der Waals surface area (Å²) in [6.07, 6.45) is 0. The largest absolute Gasteiger partial charge is 0.483 e. The van der Waals surface area contributed by atoms with Crippen molar-refractivity contribution in [1.29, 1.82) is 0 Å². The van der Waals surface area contributed by atoms with Gasteiger partial charge in [-0.15, -0.1) is 0 Å². The monoisotopic (exact) mass is 502 g/mol. The molecule has 6 heteroatoms. The molecule has 0 aliphatic carbocycles. The number of nitrogens with zero attached hydrogens (tertiary/aromatic N) is 1. The van der Waals surface area contributed by atoms with Crippen LogP contribution in [-0.2, 0) is 21.5 Å². The molecule has 0 spiro atoms. The Morgan fingerprint density at radius 1 is 1.00 bits per heavy atom. The number of halogens is 1. The zero-order valence-electron chi connectivity index (χ0n) is 20.2. The Bertz CT molecular complexity index is 927. The number of hydrogen-bond acceptors (Lipinski definition) is 3. The number of para-hydroxylation sites is 1. The molecule has 0 radical (unpaired) electrons. The van der Waals surface area contributed by atoms with Crippen LogP contribution in [0.15, 0.2) is 53.0 Å². The Morgan fingerprint density at radius 3 is 2.16 bits per heavy atom. The van der Waals surface area contributed by atoms with E-state index >= 15 is 0 Å². The van der Waals surface area contributed by atoms with Gasteiger partial charge in [-0.2, -0.15) is 0 Å². The molecule has 1 N–H and O–H groups in total. The van der Waals surface area contributed by atoms with Crippen molar-refractivity contribution in [2.75, 3.05) is 6.61 Å². The topological polar surface area (TPSA) is 58.6 Å². The van der Waals surface area contributed by atoms with E-state index in [2.05, 4.69) is 42.0 Å². The Morgan fingerprint density at radius 2 is 1.59 bits per heavy atom. The highest BCUT2D eigenvalue weighted by Crippen LogP contribution is 2.31. The van der Waals surface area contributed by atoms with Crippen molar-refractivity contribution in [1.82, 2.24) is 10.2 Å². The van der Waals surface area contributed by atoms with E-state index in [4.69, 9.17) is 4.74 Å². The van der Waals surface area contributed by atoms with Crippen LogP contribution in [0.5, 0.6) is 5.75 Å². The molecule has 0 aromatic heterocycles. The summed E-state index contributed by atoms with van der Waals surface area (Å²) in [6, 6.07) is 14.8. The minimum absolute atomic E-state index is 0.114. The summed E-state index contributed by atoms with van der Waals surface area (Å²) in [7, 11) is 0. The summed E-state index contributed by atoms with van der Waals surface area (Å²) in [4.78, 5) is 27.7. The van der Waals surface area contributed by atoms with Gasteiger partial charge in [0, 0.05) is 16.6 Å². The van der Waals surface area contributed by atoms with Crippen LogP contribution in [0.2, 0.25) is 0 Å². The number of amides is 2. The molecule has 0 saturated heterocycles. The number of rotatable bonds is 7. The number of nitrogens with one attached hydrogen (secondary N) is 1. The third kappa shape index (κ3) is 7.66. The smallest absolute Gasteiger partial charge is 0.261 e. The van der Waals surface area contributed by atoms with Crippen molar-refractivity contribution >= 4 is 27.7 Å². The van der Waals surface area contributed by atoms with Gasteiger partial charge in [-0.25, -0.2) is 0 Å². The van der Waals surface area contributed by atoms with Gasteiger partial charge >= 0.3 is 0 Å². The summed E-state index contributed by atoms with van der Waals surface area (Å²) in [6.45, 7) is 14.0. The Balaban J connectivity index is 2.23. The van der Waals surface area contributed by atoms with Crippen LogP contribution < -0.4 is 10.1 Å². The highest BCUT2D eigenvalue weighted by Gasteiger charge is 2.29. The third-order valence-electron chi connectivity index (χ3n) is 4.98. The second-order valence-corrected chi connectivity index (χ2v) is 11.0. The van der Waals surface area contributed by atoms with Gasteiger partial charge in [0.25, 0.3) is 5.91 Å². The van der Waals surface area contributed by atoms with Gasteiger partial charge in [-0.05, 0) is 62.4 Å². The van der Waals surface area contributed by atoms with E-state index in [1.54, 1.807) is 11.8 Å². The molecular formula is C26H35BrN2O3. The van der Waals surface area contributed by atoms with Crippen LogP contribution in [0.4, 0.5) is 0 Å². The van der Waals surface area contributed by atoms with E-state index in [1.807, 2.05) is 69.3 Å². The van der Waals surface area contributed by atoms with Gasteiger partial charge in [0.1, 0.15) is 11.8 Å². The Labute approximate surface area is 200 Å². The van der Waals surface area contributed by atoms with Crippen LogP contribution in [0.25, 0.3) is 0 Å². The summed E-state index contributed by atoms with van der Waals surface area (Å²) < 4.78 is 6.92. The number of benzene rings is 2. The van der Waals surface area contributed by atoms with Crippen molar-refractivity contribution in [3.8, 4) is 5.75 Å². The number of carbonyl (C=O) groups is 2. The van der Waals surface area contributed by atoms with Crippen LogP contribution >= 0.6 is 15.9 Å². The van der Waals surface area contributed by atoms with Crippen LogP contribution in [-0.4, -0.2) is 34.9 Å². The summed E-state index contributed by atoms with van der Waals surface area (Å²) in [5.74, 6) is 0.245. The number of carbonyl (C=O) groups excluding carboxylic acids is 2. The molecular weight excluding hydrogens is 468 g/mol. The molecule has 0 fully saturated rings. The quantitative estimate of drug-likeness (QED) is 0.546. The average Bonchev–Trinajstić information content (AvgIpc) is 2.69. The van der Waals surface area contributed by atoms with Crippen molar-refractivity contribution in [2.24, 2.45) is 0 Å². The number of ether oxygens (including phenoxy) is 1. The third-order valence-corrected chi connectivity index (χ3v) is 5.51. The van der Waals surface area contributed by atoms with Gasteiger partial charge in [-0.3, -0.25) is 9.59 Å². The molecule has 0 aliphatic rings. The molecule has 174 valence electrons. The molecule has 2 amide bonds. The first-order valence-electron chi connectivity index (χ1n) is 10.9. The normalized spacial score (nSPS) is 12.8. The van der Waals surface area contributed by atoms with Crippen molar-refractivity contribution in [3.05, 3.63) is 64.1 Å². The van der Waals surface area contributed by atoms with E-state index in [-0.39, 0.29) is 29.4 Å². The second kappa shape index (κ2) is 10.5. The minimum Gasteiger partial charge on any atom is -0.483 e. The maximum absolute atomic E-state index is 13.3. The average molecular weight is 503 g/mol. The first kappa shape index (κ1) is 25.9. The number of hydrogen-bond donors (Lipinski definition) is 1.